The van der Waals surface area contributed by atoms with Crippen molar-refractivity contribution in [2.75, 3.05) is 6.54 Å². The van der Waals surface area contributed by atoms with Gasteiger partial charge >= 0.3 is 0 Å². The molecule has 0 N–H and O–H groups in total. The lowest BCUT2D eigenvalue weighted by Crippen LogP contribution is -2.30. The van der Waals surface area contributed by atoms with Crippen molar-refractivity contribution in [3.8, 4) is 0 Å². The third kappa shape index (κ3) is 4.34. The summed E-state index contributed by atoms with van der Waals surface area (Å²) in [6, 6.07) is 21.6. The maximum Gasteiger partial charge on any atom is 0.104 e. The monoisotopic (exact) mass is 321 g/mol. The molecule has 0 aromatic heterocycles. The van der Waals surface area contributed by atoms with Crippen molar-refractivity contribution in [3.05, 3.63) is 83.9 Å². The normalized spacial score (nSPS) is 19.8. The van der Waals surface area contributed by atoms with Crippen LogP contribution in [-0.2, 0) is 4.84 Å². The second-order valence-corrected chi connectivity index (χ2v) is 6.37. The summed E-state index contributed by atoms with van der Waals surface area (Å²) >= 11 is 0. The van der Waals surface area contributed by atoms with E-state index in [9.17, 15) is 0 Å². The SMILES string of the molecule is CCC[C@H](ON1CC=CCC[C@H]1c1ccccc1)c1ccccc1. The molecule has 24 heavy (non-hydrogen) atoms. The van der Waals surface area contributed by atoms with Gasteiger partial charge in [-0.2, -0.15) is 5.06 Å². The van der Waals surface area contributed by atoms with Crippen LogP contribution in [0.5, 0.6) is 0 Å². The maximum atomic E-state index is 6.55. The quantitative estimate of drug-likeness (QED) is 0.618. The molecule has 2 nitrogen and oxygen atoms in total. The fourth-order valence-corrected chi connectivity index (χ4v) is 3.32. The zero-order valence-electron chi connectivity index (χ0n) is 14.5. The molecule has 3 rings (SSSR count). The van der Waals surface area contributed by atoms with Crippen molar-refractivity contribution in [1.29, 1.82) is 0 Å². The topological polar surface area (TPSA) is 12.5 Å². The molecule has 0 saturated heterocycles. The van der Waals surface area contributed by atoms with Crippen molar-refractivity contribution in [1.82, 2.24) is 5.06 Å². The molecule has 2 atom stereocenters. The van der Waals surface area contributed by atoms with Crippen LogP contribution in [0.4, 0.5) is 0 Å². The molecule has 0 radical (unpaired) electrons. The molecule has 0 fully saturated rings. The van der Waals surface area contributed by atoms with Crippen molar-refractivity contribution < 1.29 is 4.84 Å². The molecule has 1 aliphatic rings. The van der Waals surface area contributed by atoms with Crippen LogP contribution >= 0.6 is 0 Å². The Bertz CT molecular complexity index is 623. The minimum Gasteiger partial charge on any atom is -0.290 e. The summed E-state index contributed by atoms with van der Waals surface area (Å²) in [5, 5.41) is 2.19. The third-order valence-electron chi connectivity index (χ3n) is 4.58. The van der Waals surface area contributed by atoms with E-state index in [0.717, 1.165) is 32.2 Å². The van der Waals surface area contributed by atoms with E-state index in [4.69, 9.17) is 4.84 Å². The predicted octanol–water partition coefficient (Wildman–Crippen LogP) is 5.85. The Hall–Kier alpha value is -1.90. The summed E-state index contributed by atoms with van der Waals surface area (Å²) in [4.78, 5) is 6.55. The number of hydrogen-bond donors (Lipinski definition) is 0. The molecular weight excluding hydrogens is 294 g/mol. The van der Waals surface area contributed by atoms with Crippen LogP contribution in [0.2, 0.25) is 0 Å². The van der Waals surface area contributed by atoms with Gasteiger partial charge in [-0.3, -0.25) is 4.84 Å². The van der Waals surface area contributed by atoms with Gasteiger partial charge in [0, 0.05) is 6.54 Å². The fourth-order valence-electron chi connectivity index (χ4n) is 3.32. The number of allylic oxidation sites excluding steroid dienone is 1. The van der Waals surface area contributed by atoms with Crippen molar-refractivity contribution >= 4 is 0 Å². The van der Waals surface area contributed by atoms with Gasteiger partial charge in [-0.25, -0.2) is 0 Å². The smallest absolute Gasteiger partial charge is 0.104 e. The van der Waals surface area contributed by atoms with E-state index in [1.807, 2.05) is 0 Å². The lowest BCUT2D eigenvalue weighted by Gasteiger charge is -2.33. The van der Waals surface area contributed by atoms with Gasteiger partial charge in [0.1, 0.15) is 6.10 Å². The Labute approximate surface area is 145 Å². The number of benzene rings is 2. The maximum absolute atomic E-state index is 6.55. The largest absolute Gasteiger partial charge is 0.290 e. The molecule has 2 aromatic rings. The van der Waals surface area contributed by atoms with Crippen LogP contribution in [0, 0.1) is 0 Å². The molecule has 2 heteroatoms. The standard InChI is InChI=1S/C22H27NO/c1-2-12-22(20-15-8-4-9-16-20)24-23-18-11-5-10-17-21(23)19-13-6-3-7-14-19/h3-9,11,13-16,21-22H,2,10,12,17-18H2,1H3/t21-,22-/m0/s1. The van der Waals surface area contributed by atoms with Gasteiger partial charge in [0.15, 0.2) is 0 Å². The van der Waals surface area contributed by atoms with Crippen molar-refractivity contribution in [2.45, 2.75) is 44.8 Å². The highest BCUT2D eigenvalue weighted by molar-refractivity contribution is 5.20. The Kier molecular flexibility index (Phi) is 6.22. The van der Waals surface area contributed by atoms with Gasteiger partial charge in [0.05, 0.1) is 6.04 Å². The van der Waals surface area contributed by atoms with Gasteiger partial charge in [0.25, 0.3) is 0 Å². The fraction of sp³-hybridized carbons (Fsp3) is 0.364. The van der Waals surface area contributed by atoms with Gasteiger partial charge in [-0.1, -0.05) is 86.2 Å². The molecule has 1 aliphatic heterocycles. The first-order chi connectivity index (χ1) is 11.9. The zero-order valence-corrected chi connectivity index (χ0v) is 14.5. The third-order valence-corrected chi connectivity index (χ3v) is 4.58. The van der Waals surface area contributed by atoms with Crippen LogP contribution in [0.3, 0.4) is 0 Å². The highest BCUT2D eigenvalue weighted by Gasteiger charge is 2.25. The average molecular weight is 321 g/mol. The van der Waals surface area contributed by atoms with Crippen LogP contribution in [0.25, 0.3) is 0 Å². The Morgan fingerprint density at radius 1 is 1.00 bits per heavy atom. The number of hydrogen-bond acceptors (Lipinski definition) is 2. The number of rotatable bonds is 6. The highest BCUT2D eigenvalue weighted by Crippen LogP contribution is 2.32. The Balaban J connectivity index is 1.81. The van der Waals surface area contributed by atoms with Crippen LogP contribution in [0.1, 0.15) is 55.9 Å². The van der Waals surface area contributed by atoms with Crippen LogP contribution < -0.4 is 0 Å². The molecule has 126 valence electrons. The van der Waals surface area contributed by atoms with Gasteiger partial charge in [-0.15, -0.1) is 0 Å². The average Bonchev–Trinajstić information content (AvgIpc) is 2.88. The van der Waals surface area contributed by atoms with Gasteiger partial charge < -0.3 is 0 Å². The van der Waals surface area contributed by atoms with E-state index in [-0.39, 0.29) is 6.10 Å². The van der Waals surface area contributed by atoms with E-state index in [0.29, 0.717) is 6.04 Å². The Morgan fingerprint density at radius 3 is 2.42 bits per heavy atom. The number of hydroxylamine groups is 2. The van der Waals surface area contributed by atoms with E-state index in [2.05, 4.69) is 84.8 Å². The first-order valence-electron chi connectivity index (χ1n) is 9.06. The first-order valence-corrected chi connectivity index (χ1v) is 9.06. The van der Waals surface area contributed by atoms with E-state index < -0.39 is 0 Å². The van der Waals surface area contributed by atoms with Gasteiger partial charge in [-0.05, 0) is 30.4 Å². The molecule has 0 amide bonds. The van der Waals surface area contributed by atoms with Crippen molar-refractivity contribution in [2.24, 2.45) is 0 Å². The van der Waals surface area contributed by atoms with E-state index in [1.54, 1.807) is 0 Å². The van der Waals surface area contributed by atoms with E-state index >= 15 is 0 Å². The molecule has 1 heterocycles. The molecular formula is C22H27NO. The summed E-state index contributed by atoms with van der Waals surface area (Å²) in [5.74, 6) is 0. The molecule has 0 unspecified atom stereocenters. The minimum absolute atomic E-state index is 0.119. The lowest BCUT2D eigenvalue weighted by atomic mass is 10.0. The summed E-state index contributed by atoms with van der Waals surface area (Å²) in [6.45, 7) is 3.06. The molecule has 2 aromatic carbocycles. The Morgan fingerprint density at radius 2 is 1.71 bits per heavy atom. The second-order valence-electron chi connectivity index (χ2n) is 6.37. The highest BCUT2D eigenvalue weighted by atomic mass is 16.7. The van der Waals surface area contributed by atoms with Gasteiger partial charge in [0.2, 0.25) is 0 Å². The predicted molar refractivity (Wildman–Crippen MR) is 99.4 cm³/mol. The van der Waals surface area contributed by atoms with Crippen LogP contribution in [-0.4, -0.2) is 11.6 Å². The molecule has 0 saturated carbocycles. The van der Waals surface area contributed by atoms with Crippen molar-refractivity contribution in [3.63, 3.8) is 0 Å². The number of nitrogens with zero attached hydrogens (tertiary/aromatic N) is 1. The summed E-state index contributed by atoms with van der Waals surface area (Å²) in [7, 11) is 0. The van der Waals surface area contributed by atoms with E-state index in [1.165, 1.54) is 11.1 Å². The second kappa shape index (κ2) is 8.81. The zero-order chi connectivity index (χ0) is 16.6. The first kappa shape index (κ1) is 16.9. The van der Waals surface area contributed by atoms with Crippen LogP contribution in [0.15, 0.2) is 72.8 Å². The lowest BCUT2D eigenvalue weighted by molar-refractivity contribution is -0.222. The molecule has 0 aliphatic carbocycles. The summed E-state index contributed by atoms with van der Waals surface area (Å²) in [6.07, 6.45) is 8.96. The molecule has 0 bridgehead atoms. The minimum atomic E-state index is 0.119. The summed E-state index contributed by atoms with van der Waals surface area (Å²) in [5.41, 5.74) is 2.60. The summed E-state index contributed by atoms with van der Waals surface area (Å²) < 4.78 is 0. The molecule has 0 spiro atoms.